The number of carbonyl (C=O) groups is 1. The second-order valence-corrected chi connectivity index (χ2v) is 16.0. The van der Waals surface area contributed by atoms with Crippen LogP contribution in [0.2, 0.25) is 5.15 Å². The van der Waals surface area contributed by atoms with Crippen molar-refractivity contribution in [1.82, 2.24) is 10.3 Å². The van der Waals surface area contributed by atoms with Crippen LogP contribution < -0.4 is 5.32 Å². The van der Waals surface area contributed by atoms with Crippen LogP contribution in [0.25, 0.3) is 0 Å². The zero-order chi connectivity index (χ0) is 28.0. The van der Waals surface area contributed by atoms with Crippen molar-refractivity contribution >= 4 is 17.5 Å². The van der Waals surface area contributed by atoms with Gasteiger partial charge < -0.3 is 10.4 Å². The molecule has 1 aromatic heterocycles. The van der Waals surface area contributed by atoms with Gasteiger partial charge in [0.2, 0.25) is 0 Å². The first-order chi connectivity index (χ1) is 18.3. The number of aliphatic hydroxyl groups excluding tert-OH is 1. The van der Waals surface area contributed by atoms with Crippen molar-refractivity contribution in [2.24, 2.45) is 45.3 Å². The summed E-state index contributed by atoms with van der Waals surface area (Å²) in [6, 6.07) is 3.59. The average Bonchev–Trinajstić information content (AvgIpc) is 2.88. The fourth-order valence-electron chi connectivity index (χ4n) is 10.9. The summed E-state index contributed by atoms with van der Waals surface area (Å²) in [6.07, 6.45) is 15.2. The van der Waals surface area contributed by atoms with E-state index in [0.717, 1.165) is 51.4 Å². The number of hydrogen-bond acceptors (Lipinski definition) is 3. The van der Waals surface area contributed by atoms with Gasteiger partial charge in [-0.3, -0.25) is 4.79 Å². The SMILES string of the molecule is CC1C(O)CCC2(C)C1CCC1(C)C2CC=C2C3CC(C)(C)CCC3(NC(=O)c3cccnc3Cl)CCC21C. The number of amides is 1. The molecule has 0 aliphatic heterocycles. The molecule has 1 aromatic rings. The molecule has 6 rings (SSSR count). The highest BCUT2D eigenvalue weighted by Crippen LogP contribution is 2.73. The molecule has 0 aromatic carbocycles. The van der Waals surface area contributed by atoms with E-state index >= 15 is 0 Å². The number of nitrogens with one attached hydrogen (secondary N) is 1. The fourth-order valence-corrected chi connectivity index (χ4v) is 11.1. The molecule has 39 heavy (non-hydrogen) atoms. The zero-order valence-corrected chi connectivity index (χ0v) is 25.7. The number of allylic oxidation sites excluding steroid dienone is 1. The number of rotatable bonds is 2. The highest BCUT2D eigenvalue weighted by Gasteiger charge is 2.67. The number of halogens is 1. The number of nitrogens with zero attached hydrogens (tertiary/aromatic N) is 1. The molecule has 9 unspecified atom stereocenters. The summed E-state index contributed by atoms with van der Waals surface area (Å²) in [5.74, 6) is 1.90. The van der Waals surface area contributed by atoms with E-state index < -0.39 is 0 Å². The molecule has 1 amide bonds. The van der Waals surface area contributed by atoms with Gasteiger partial charge in [-0.2, -0.15) is 0 Å². The van der Waals surface area contributed by atoms with Crippen molar-refractivity contribution in [2.75, 3.05) is 0 Å². The van der Waals surface area contributed by atoms with Crippen LogP contribution in [0, 0.1) is 45.3 Å². The van der Waals surface area contributed by atoms with E-state index in [1.165, 1.54) is 12.8 Å². The van der Waals surface area contributed by atoms with Crippen molar-refractivity contribution < 1.29 is 9.90 Å². The second-order valence-electron chi connectivity index (χ2n) is 15.7. The van der Waals surface area contributed by atoms with Crippen LogP contribution in [-0.4, -0.2) is 27.6 Å². The molecule has 0 radical (unpaired) electrons. The molecule has 0 spiro atoms. The van der Waals surface area contributed by atoms with E-state index in [1.807, 2.05) is 0 Å². The van der Waals surface area contributed by atoms with Crippen LogP contribution in [0.15, 0.2) is 30.0 Å². The second kappa shape index (κ2) is 9.05. The molecule has 9 atom stereocenters. The van der Waals surface area contributed by atoms with Crippen LogP contribution in [-0.2, 0) is 0 Å². The number of hydrogen-bond donors (Lipinski definition) is 2. The van der Waals surface area contributed by atoms with Gasteiger partial charge >= 0.3 is 0 Å². The van der Waals surface area contributed by atoms with Crippen molar-refractivity contribution in [2.45, 2.75) is 117 Å². The largest absolute Gasteiger partial charge is 0.393 e. The van der Waals surface area contributed by atoms with Gasteiger partial charge in [-0.05, 0) is 116 Å². The van der Waals surface area contributed by atoms with E-state index in [0.29, 0.717) is 29.2 Å². The number of carbonyl (C=O) groups excluding carboxylic acids is 1. The molecule has 5 aliphatic rings. The van der Waals surface area contributed by atoms with Crippen LogP contribution >= 0.6 is 11.6 Å². The van der Waals surface area contributed by atoms with Gasteiger partial charge in [0.25, 0.3) is 5.91 Å². The van der Waals surface area contributed by atoms with Gasteiger partial charge in [-0.1, -0.05) is 64.8 Å². The monoisotopic (exact) mass is 552 g/mol. The summed E-state index contributed by atoms with van der Waals surface area (Å²) in [4.78, 5) is 17.8. The number of aliphatic hydroxyl groups is 1. The lowest BCUT2D eigenvalue weighted by atomic mass is 9.35. The third kappa shape index (κ3) is 3.93. The third-order valence-corrected chi connectivity index (χ3v) is 13.9. The summed E-state index contributed by atoms with van der Waals surface area (Å²) >= 11 is 6.37. The fraction of sp³-hybridized carbons (Fsp3) is 0.765. The maximum atomic E-state index is 13.7. The van der Waals surface area contributed by atoms with Gasteiger partial charge in [0.05, 0.1) is 11.7 Å². The minimum Gasteiger partial charge on any atom is -0.393 e. The molecular formula is C34H49ClN2O2. The van der Waals surface area contributed by atoms with Gasteiger partial charge in [0.15, 0.2) is 0 Å². The predicted molar refractivity (Wildman–Crippen MR) is 157 cm³/mol. The van der Waals surface area contributed by atoms with E-state index in [9.17, 15) is 9.90 Å². The Balaban J connectivity index is 1.39. The molecule has 0 saturated heterocycles. The summed E-state index contributed by atoms with van der Waals surface area (Å²) in [6.45, 7) is 14.9. The number of aromatic nitrogens is 1. The van der Waals surface area contributed by atoms with E-state index in [2.05, 4.69) is 57.9 Å². The van der Waals surface area contributed by atoms with E-state index in [1.54, 1.807) is 23.9 Å². The van der Waals surface area contributed by atoms with E-state index in [-0.39, 0.29) is 44.4 Å². The van der Waals surface area contributed by atoms with Crippen molar-refractivity contribution in [3.8, 4) is 0 Å². The average molecular weight is 553 g/mol. The van der Waals surface area contributed by atoms with Crippen LogP contribution in [0.4, 0.5) is 0 Å². The van der Waals surface area contributed by atoms with Gasteiger partial charge in [-0.15, -0.1) is 0 Å². The van der Waals surface area contributed by atoms with Gasteiger partial charge in [0, 0.05) is 17.7 Å². The molecule has 4 fully saturated rings. The van der Waals surface area contributed by atoms with Gasteiger partial charge in [0.1, 0.15) is 5.15 Å². The zero-order valence-electron chi connectivity index (χ0n) is 24.9. The molecule has 4 nitrogen and oxygen atoms in total. The Morgan fingerprint density at radius 1 is 1.05 bits per heavy atom. The lowest BCUT2D eigenvalue weighted by Gasteiger charge is -2.70. The standard InChI is InChI=1S/C34H49ClN2O2/c1-21-23-11-14-33(6)27(31(23,4)13-12-26(21)38)10-9-24-25-20-30(2,3)15-17-34(25,18-16-32(24,33)5)37-29(39)22-8-7-19-36-28(22)35/h7-9,19,21,23,25-27,38H,10-18,20H2,1-6H3,(H,37,39). The summed E-state index contributed by atoms with van der Waals surface area (Å²) in [5.41, 5.74) is 2.77. The first kappa shape index (κ1) is 27.8. The topological polar surface area (TPSA) is 62.2 Å². The summed E-state index contributed by atoms with van der Waals surface area (Å²) < 4.78 is 0. The molecular weight excluding hydrogens is 504 g/mol. The molecule has 214 valence electrons. The normalized spacial score (nSPS) is 46.6. The Morgan fingerprint density at radius 2 is 1.79 bits per heavy atom. The molecule has 1 heterocycles. The third-order valence-electron chi connectivity index (χ3n) is 13.6. The molecule has 5 aliphatic carbocycles. The Hall–Kier alpha value is -1.39. The Kier molecular flexibility index (Phi) is 6.44. The van der Waals surface area contributed by atoms with Crippen LogP contribution in [0.5, 0.6) is 0 Å². The number of pyridine rings is 1. The van der Waals surface area contributed by atoms with E-state index in [4.69, 9.17) is 11.6 Å². The smallest absolute Gasteiger partial charge is 0.254 e. The van der Waals surface area contributed by atoms with Crippen LogP contribution in [0.3, 0.4) is 0 Å². The Labute approximate surface area is 240 Å². The molecule has 4 saturated carbocycles. The van der Waals surface area contributed by atoms with Crippen molar-refractivity contribution in [1.29, 1.82) is 0 Å². The summed E-state index contributed by atoms with van der Waals surface area (Å²) in [5, 5.41) is 14.6. The highest BCUT2D eigenvalue weighted by molar-refractivity contribution is 6.32. The first-order valence-electron chi connectivity index (χ1n) is 15.6. The van der Waals surface area contributed by atoms with Crippen LogP contribution in [0.1, 0.15) is 116 Å². The molecule has 5 heteroatoms. The Morgan fingerprint density at radius 3 is 2.54 bits per heavy atom. The maximum Gasteiger partial charge on any atom is 0.254 e. The van der Waals surface area contributed by atoms with Gasteiger partial charge in [-0.25, -0.2) is 4.98 Å². The lowest BCUT2D eigenvalue weighted by Crippen LogP contribution is -2.67. The predicted octanol–water partition coefficient (Wildman–Crippen LogP) is 7.99. The minimum absolute atomic E-state index is 0.0790. The summed E-state index contributed by atoms with van der Waals surface area (Å²) in [7, 11) is 0. The highest BCUT2D eigenvalue weighted by atomic mass is 35.5. The first-order valence-corrected chi connectivity index (χ1v) is 16.0. The van der Waals surface area contributed by atoms with Crippen molar-refractivity contribution in [3.63, 3.8) is 0 Å². The minimum atomic E-state index is -0.231. The quantitative estimate of drug-likeness (QED) is 0.288. The number of fused-ring (bicyclic) bond motifs is 7. The molecule has 0 bridgehead atoms. The molecule has 2 N–H and O–H groups in total. The van der Waals surface area contributed by atoms with Crippen molar-refractivity contribution in [3.05, 3.63) is 40.7 Å². The maximum absolute atomic E-state index is 13.7. The Bertz CT molecular complexity index is 1200. The lowest BCUT2D eigenvalue weighted by molar-refractivity contribution is -0.177.